The molecule has 1 aromatic carbocycles. The van der Waals surface area contributed by atoms with Gasteiger partial charge in [0.25, 0.3) is 0 Å². The highest BCUT2D eigenvalue weighted by Crippen LogP contribution is 2.38. The first-order chi connectivity index (χ1) is 15.1. The average Bonchev–Trinajstić information content (AvgIpc) is 2.74. The molecule has 32 heavy (non-hydrogen) atoms. The zero-order valence-corrected chi connectivity index (χ0v) is 22.0. The van der Waals surface area contributed by atoms with Crippen LogP contribution in [0.1, 0.15) is 39.2 Å². The third kappa shape index (κ3) is 9.68. The number of methoxy groups -OCH3 is 3. The van der Waals surface area contributed by atoms with Crippen LogP contribution in [-0.2, 0) is 34.8 Å². The lowest BCUT2D eigenvalue weighted by atomic mass is 10.0. The van der Waals surface area contributed by atoms with Crippen LogP contribution in [0.2, 0.25) is 18.1 Å². The smallest absolute Gasteiger partial charge is 0.192 e. The molecule has 0 saturated heterocycles. The molecule has 0 radical (unpaired) electrons. The molecule has 0 fully saturated rings. The maximum absolute atomic E-state index is 11.3. The molecular formula is C24H42O7Si. The van der Waals surface area contributed by atoms with E-state index < -0.39 is 8.32 Å². The molecule has 184 valence electrons. The van der Waals surface area contributed by atoms with Crippen molar-refractivity contribution in [2.75, 3.05) is 34.7 Å². The summed E-state index contributed by atoms with van der Waals surface area (Å²) in [6.45, 7) is 11.8. The Morgan fingerprint density at radius 3 is 2.19 bits per heavy atom. The Kier molecular flexibility index (Phi) is 12.6. The maximum atomic E-state index is 11.3. The molecule has 1 rings (SSSR count). The van der Waals surface area contributed by atoms with Crippen LogP contribution in [0.15, 0.2) is 24.3 Å². The lowest BCUT2D eigenvalue weighted by Crippen LogP contribution is -2.46. The van der Waals surface area contributed by atoms with E-state index in [1.165, 1.54) is 0 Å². The second-order valence-corrected chi connectivity index (χ2v) is 14.1. The SMILES string of the molecule is COCO[C@H](COCc1ccc(OC)cc1)[C@@H](C[C@@H](CC=O)O[Si](C)(C)C(C)(C)C)OC. The Morgan fingerprint density at radius 2 is 1.69 bits per heavy atom. The number of ether oxygens (including phenoxy) is 5. The molecule has 3 atom stereocenters. The zero-order valence-electron chi connectivity index (χ0n) is 21.0. The third-order valence-corrected chi connectivity index (χ3v) is 10.5. The normalized spacial score (nSPS) is 15.2. The largest absolute Gasteiger partial charge is 0.497 e. The second kappa shape index (κ2) is 14.1. The van der Waals surface area contributed by atoms with Gasteiger partial charge in [-0.2, -0.15) is 0 Å². The second-order valence-electron chi connectivity index (χ2n) is 9.39. The minimum absolute atomic E-state index is 0.0458. The Hall–Kier alpha value is -1.29. The highest BCUT2D eigenvalue weighted by atomic mass is 28.4. The highest BCUT2D eigenvalue weighted by Gasteiger charge is 2.40. The highest BCUT2D eigenvalue weighted by molar-refractivity contribution is 6.74. The predicted molar refractivity (Wildman–Crippen MR) is 128 cm³/mol. The van der Waals surface area contributed by atoms with E-state index >= 15 is 0 Å². The van der Waals surface area contributed by atoms with Crippen LogP contribution >= 0.6 is 0 Å². The lowest BCUT2D eigenvalue weighted by Gasteiger charge is -2.40. The molecule has 0 N–H and O–H groups in total. The van der Waals surface area contributed by atoms with Gasteiger partial charge in [-0.05, 0) is 35.8 Å². The topological polar surface area (TPSA) is 72.5 Å². The van der Waals surface area contributed by atoms with Crippen molar-refractivity contribution < 1.29 is 32.9 Å². The standard InChI is InChI=1S/C24H42O7Si/c1-24(2,3)32(7,8)31-21(13-14-25)15-22(28-6)23(30-18-26-4)17-29-16-19-9-11-20(27-5)12-10-19/h9-12,14,21-23H,13,15-18H2,1-8H3/t21-,22-,23-/m1/s1. The summed E-state index contributed by atoms with van der Waals surface area (Å²) in [7, 11) is 2.81. The fourth-order valence-corrected chi connectivity index (χ4v) is 4.36. The molecule has 0 aromatic heterocycles. The van der Waals surface area contributed by atoms with Crippen LogP contribution in [0.5, 0.6) is 5.75 Å². The Labute approximate surface area is 194 Å². The van der Waals surface area contributed by atoms with Crippen LogP contribution in [0.25, 0.3) is 0 Å². The van der Waals surface area contributed by atoms with Gasteiger partial charge < -0.3 is 32.9 Å². The van der Waals surface area contributed by atoms with Gasteiger partial charge in [0, 0.05) is 27.1 Å². The van der Waals surface area contributed by atoms with Crippen molar-refractivity contribution in [1.29, 1.82) is 0 Å². The van der Waals surface area contributed by atoms with Gasteiger partial charge in [-0.3, -0.25) is 0 Å². The van der Waals surface area contributed by atoms with E-state index in [4.69, 9.17) is 28.1 Å². The van der Waals surface area contributed by atoms with Gasteiger partial charge in [-0.25, -0.2) is 0 Å². The minimum Gasteiger partial charge on any atom is -0.497 e. The fraction of sp³-hybridized carbons (Fsp3) is 0.708. The van der Waals surface area contributed by atoms with Crippen molar-refractivity contribution in [1.82, 2.24) is 0 Å². The summed E-state index contributed by atoms with van der Waals surface area (Å²) in [6.07, 6.45) is 0.841. The summed E-state index contributed by atoms with van der Waals surface area (Å²) < 4.78 is 34.4. The van der Waals surface area contributed by atoms with Gasteiger partial charge in [-0.15, -0.1) is 0 Å². The minimum atomic E-state index is -2.04. The molecular weight excluding hydrogens is 428 g/mol. The molecule has 0 saturated carbocycles. The third-order valence-electron chi connectivity index (χ3n) is 5.95. The molecule has 0 aliphatic carbocycles. The van der Waals surface area contributed by atoms with E-state index in [-0.39, 0.29) is 30.1 Å². The summed E-state index contributed by atoms with van der Waals surface area (Å²) in [6, 6.07) is 7.73. The molecule has 0 heterocycles. The summed E-state index contributed by atoms with van der Waals surface area (Å²) in [5.41, 5.74) is 1.03. The van der Waals surface area contributed by atoms with Gasteiger partial charge in [-0.1, -0.05) is 32.9 Å². The molecule has 0 amide bonds. The number of rotatable bonds is 16. The van der Waals surface area contributed by atoms with Crippen LogP contribution in [0.3, 0.4) is 0 Å². The van der Waals surface area contributed by atoms with Gasteiger partial charge >= 0.3 is 0 Å². The summed E-state index contributed by atoms with van der Waals surface area (Å²) in [4.78, 5) is 11.3. The lowest BCUT2D eigenvalue weighted by molar-refractivity contribution is -0.150. The molecule has 0 bridgehead atoms. The molecule has 0 unspecified atom stereocenters. The van der Waals surface area contributed by atoms with Gasteiger partial charge in [0.1, 0.15) is 24.9 Å². The number of hydrogen-bond acceptors (Lipinski definition) is 7. The fourth-order valence-electron chi connectivity index (χ4n) is 2.99. The van der Waals surface area contributed by atoms with Crippen LogP contribution < -0.4 is 4.74 Å². The first-order valence-corrected chi connectivity index (χ1v) is 13.9. The number of benzene rings is 1. The molecule has 8 heteroatoms. The van der Waals surface area contributed by atoms with Crippen LogP contribution in [0, 0.1) is 0 Å². The maximum Gasteiger partial charge on any atom is 0.192 e. The van der Waals surface area contributed by atoms with Crippen LogP contribution in [-0.4, -0.2) is 67.6 Å². The van der Waals surface area contributed by atoms with Crippen molar-refractivity contribution >= 4 is 14.6 Å². The van der Waals surface area contributed by atoms with E-state index in [1.54, 1.807) is 21.3 Å². The molecule has 0 aliphatic heterocycles. The molecule has 1 aromatic rings. The predicted octanol–water partition coefficient (Wildman–Crippen LogP) is 4.59. The van der Waals surface area contributed by atoms with E-state index in [1.807, 2.05) is 24.3 Å². The van der Waals surface area contributed by atoms with E-state index in [2.05, 4.69) is 33.9 Å². The Bertz CT molecular complexity index is 643. The number of hydrogen-bond donors (Lipinski definition) is 0. The van der Waals surface area contributed by atoms with Gasteiger partial charge in [0.2, 0.25) is 0 Å². The zero-order chi connectivity index (χ0) is 24.2. The average molecular weight is 471 g/mol. The monoisotopic (exact) mass is 470 g/mol. The number of carbonyl (C=O) groups excluding carboxylic acids is 1. The first-order valence-electron chi connectivity index (χ1n) is 11.0. The summed E-state index contributed by atoms with van der Waals surface area (Å²) >= 11 is 0. The van der Waals surface area contributed by atoms with E-state index in [9.17, 15) is 4.79 Å². The quantitative estimate of drug-likeness (QED) is 0.199. The summed E-state index contributed by atoms with van der Waals surface area (Å²) in [5.74, 6) is 0.803. The van der Waals surface area contributed by atoms with Crippen molar-refractivity contribution in [2.45, 2.75) is 76.7 Å². The van der Waals surface area contributed by atoms with Gasteiger partial charge in [0.05, 0.1) is 32.5 Å². The van der Waals surface area contributed by atoms with E-state index in [0.29, 0.717) is 26.1 Å². The summed E-state index contributed by atoms with van der Waals surface area (Å²) in [5, 5.41) is 0.0458. The van der Waals surface area contributed by atoms with Gasteiger partial charge in [0.15, 0.2) is 8.32 Å². The molecule has 0 spiro atoms. The van der Waals surface area contributed by atoms with Crippen LogP contribution in [0.4, 0.5) is 0 Å². The number of aldehydes is 1. The van der Waals surface area contributed by atoms with Crippen molar-refractivity contribution in [3.8, 4) is 5.75 Å². The van der Waals surface area contributed by atoms with Crippen molar-refractivity contribution in [3.63, 3.8) is 0 Å². The van der Waals surface area contributed by atoms with Crippen molar-refractivity contribution in [2.24, 2.45) is 0 Å². The Balaban J connectivity index is 2.81. The molecule has 7 nitrogen and oxygen atoms in total. The van der Waals surface area contributed by atoms with E-state index in [0.717, 1.165) is 17.6 Å². The molecule has 0 aliphatic rings. The number of carbonyl (C=O) groups is 1. The van der Waals surface area contributed by atoms with Crippen molar-refractivity contribution in [3.05, 3.63) is 29.8 Å². The first kappa shape index (κ1) is 28.7. The Morgan fingerprint density at radius 1 is 1.03 bits per heavy atom.